The van der Waals surface area contributed by atoms with Crippen LogP contribution in [0.15, 0.2) is 53.4 Å². The first-order valence-corrected chi connectivity index (χ1v) is 9.71. The van der Waals surface area contributed by atoms with Crippen LogP contribution in [-0.4, -0.2) is 31.7 Å². The average molecular weight is 398 g/mol. The van der Waals surface area contributed by atoms with E-state index in [1.807, 2.05) is 0 Å². The number of sulfonamides is 1. The molecule has 1 fully saturated rings. The summed E-state index contributed by atoms with van der Waals surface area (Å²) in [7, 11) is -3.56. The van der Waals surface area contributed by atoms with Crippen molar-refractivity contribution in [2.75, 3.05) is 18.4 Å². The van der Waals surface area contributed by atoms with Gasteiger partial charge in [0.15, 0.2) is 0 Å². The van der Waals surface area contributed by atoms with Crippen molar-refractivity contribution in [2.24, 2.45) is 0 Å². The number of rotatable bonds is 4. The predicted octanol–water partition coefficient (Wildman–Crippen LogP) is 3.74. The first-order chi connectivity index (χ1) is 12.7. The quantitative estimate of drug-likeness (QED) is 0.853. The summed E-state index contributed by atoms with van der Waals surface area (Å²) < 4.78 is 64.0. The fraction of sp³-hybridized carbons (Fsp3) is 0.278. The van der Waals surface area contributed by atoms with Gasteiger partial charge in [-0.05, 0) is 61.4 Å². The first kappa shape index (κ1) is 19.4. The summed E-state index contributed by atoms with van der Waals surface area (Å²) >= 11 is 0. The van der Waals surface area contributed by atoms with Gasteiger partial charge in [-0.1, -0.05) is 0 Å². The van der Waals surface area contributed by atoms with Gasteiger partial charge < -0.3 is 5.32 Å². The zero-order valence-electron chi connectivity index (χ0n) is 14.2. The van der Waals surface area contributed by atoms with Crippen molar-refractivity contribution in [1.29, 1.82) is 0 Å². The molecule has 1 N–H and O–H groups in total. The van der Waals surface area contributed by atoms with Gasteiger partial charge in [-0.2, -0.15) is 17.5 Å². The van der Waals surface area contributed by atoms with Gasteiger partial charge in [0.2, 0.25) is 10.0 Å². The van der Waals surface area contributed by atoms with E-state index in [-0.39, 0.29) is 16.1 Å². The lowest BCUT2D eigenvalue weighted by Gasteiger charge is -2.15. The van der Waals surface area contributed by atoms with Crippen LogP contribution >= 0.6 is 0 Å². The van der Waals surface area contributed by atoms with E-state index >= 15 is 0 Å². The third-order valence-corrected chi connectivity index (χ3v) is 6.20. The van der Waals surface area contributed by atoms with Crippen molar-refractivity contribution < 1.29 is 26.4 Å². The first-order valence-electron chi connectivity index (χ1n) is 8.27. The molecule has 0 atom stereocenters. The van der Waals surface area contributed by atoms with Crippen LogP contribution in [0.4, 0.5) is 18.9 Å². The summed E-state index contributed by atoms with van der Waals surface area (Å²) in [5.41, 5.74) is -0.394. The monoisotopic (exact) mass is 398 g/mol. The normalized spacial score (nSPS) is 15.7. The lowest BCUT2D eigenvalue weighted by Crippen LogP contribution is -2.27. The number of hydrogen-bond acceptors (Lipinski definition) is 3. The number of carbonyl (C=O) groups excluding carboxylic acids is 1. The number of halogens is 3. The number of nitrogens with zero attached hydrogens (tertiary/aromatic N) is 1. The molecule has 0 saturated carbocycles. The largest absolute Gasteiger partial charge is 0.416 e. The molecule has 0 spiro atoms. The summed E-state index contributed by atoms with van der Waals surface area (Å²) in [5, 5.41) is 2.48. The minimum atomic E-state index is -4.45. The lowest BCUT2D eigenvalue weighted by atomic mass is 10.2. The van der Waals surface area contributed by atoms with Gasteiger partial charge in [0.25, 0.3) is 5.91 Å². The Kier molecular flexibility index (Phi) is 5.25. The van der Waals surface area contributed by atoms with E-state index in [9.17, 15) is 26.4 Å². The van der Waals surface area contributed by atoms with Crippen LogP contribution in [0.2, 0.25) is 0 Å². The van der Waals surface area contributed by atoms with Crippen LogP contribution in [0.1, 0.15) is 28.8 Å². The molecule has 1 amide bonds. The Bertz CT molecular complexity index is 918. The fourth-order valence-electron chi connectivity index (χ4n) is 2.80. The van der Waals surface area contributed by atoms with Gasteiger partial charge >= 0.3 is 6.18 Å². The smallest absolute Gasteiger partial charge is 0.322 e. The number of alkyl halides is 3. The molecule has 2 aromatic rings. The minimum absolute atomic E-state index is 0.107. The molecule has 1 aliphatic heterocycles. The number of carbonyl (C=O) groups is 1. The maximum absolute atomic E-state index is 12.6. The Morgan fingerprint density at radius 1 is 0.926 bits per heavy atom. The number of anilines is 1. The summed E-state index contributed by atoms with van der Waals surface area (Å²) in [4.78, 5) is 12.3. The van der Waals surface area contributed by atoms with Crippen LogP contribution in [0, 0.1) is 0 Å². The van der Waals surface area contributed by atoms with Gasteiger partial charge in [0, 0.05) is 24.3 Å². The van der Waals surface area contributed by atoms with Crippen LogP contribution < -0.4 is 5.32 Å². The molecule has 1 heterocycles. The maximum atomic E-state index is 12.6. The standard InChI is InChI=1S/C18H17F3N2O3S/c19-18(20,21)14-5-7-15(8-6-14)22-17(24)13-3-9-16(10-4-13)27(25,26)23-11-1-2-12-23/h3-10H,1-2,11-12H2,(H,22,24). The van der Waals surface area contributed by atoms with E-state index in [1.54, 1.807) is 0 Å². The highest BCUT2D eigenvalue weighted by Crippen LogP contribution is 2.30. The van der Waals surface area contributed by atoms with Crippen molar-refractivity contribution in [3.63, 3.8) is 0 Å². The second-order valence-corrected chi connectivity index (χ2v) is 8.10. The highest BCUT2D eigenvalue weighted by Gasteiger charge is 2.30. The van der Waals surface area contributed by atoms with E-state index in [0.717, 1.165) is 37.1 Å². The van der Waals surface area contributed by atoms with E-state index in [1.165, 1.54) is 28.6 Å². The van der Waals surface area contributed by atoms with Crippen molar-refractivity contribution in [2.45, 2.75) is 23.9 Å². The van der Waals surface area contributed by atoms with Crippen LogP contribution in [0.25, 0.3) is 0 Å². The van der Waals surface area contributed by atoms with Crippen LogP contribution in [-0.2, 0) is 16.2 Å². The molecule has 144 valence electrons. The van der Waals surface area contributed by atoms with Crippen molar-refractivity contribution in [3.05, 3.63) is 59.7 Å². The molecule has 2 aromatic carbocycles. The van der Waals surface area contributed by atoms with Crippen molar-refractivity contribution >= 4 is 21.6 Å². The molecule has 1 saturated heterocycles. The fourth-order valence-corrected chi connectivity index (χ4v) is 4.32. The predicted molar refractivity (Wildman–Crippen MR) is 93.8 cm³/mol. The van der Waals surface area contributed by atoms with Gasteiger partial charge in [-0.3, -0.25) is 4.79 Å². The summed E-state index contributed by atoms with van der Waals surface area (Å²) in [5.74, 6) is -0.542. The van der Waals surface area contributed by atoms with Crippen molar-refractivity contribution in [3.8, 4) is 0 Å². The van der Waals surface area contributed by atoms with E-state index in [2.05, 4.69) is 5.32 Å². The Balaban J connectivity index is 1.70. The number of benzene rings is 2. The van der Waals surface area contributed by atoms with Crippen molar-refractivity contribution in [1.82, 2.24) is 4.31 Å². The van der Waals surface area contributed by atoms with E-state index in [4.69, 9.17) is 0 Å². The Morgan fingerprint density at radius 3 is 2.00 bits per heavy atom. The average Bonchev–Trinajstić information content (AvgIpc) is 3.17. The molecule has 5 nitrogen and oxygen atoms in total. The molecule has 0 aromatic heterocycles. The molecule has 0 unspecified atom stereocenters. The Hall–Kier alpha value is -2.39. The molecule has 1 aliphatic rings. The van der Waals surface area contributed by atoms with Gasteiger partial charge in [-0.25, -0.2) is 8.42 Å². The maximum Gasteiger partial charge on any atom is 0.416 e. The minimum Gasteiger partial charge on any atom is -0.322 e. The van der Waals surface area contributed by atoms with Gasteiger partial charge in [0.1, 0.15) is 0 Å². The molecule has 27 heavy (non-hydrogen) atoms. The third kappa shape index (κ3) is 4.30. The van der Waals surface area contributed by atoms with Crippen LogP contribution in [0.5, 0.6) is 0 Å². The summed E-state index contributed by atoms with van der Waals surface area (Å²) in [6.07, 6.45) is -2.79. The summed E-state index contributed by atoms with van der Waals surface area (Å²) in [6.45, 7) is 0.969. The zero-order valence-corrected chi connectivity index (χ0v) is 15.0. The molecular formula is C18H17F3N2O3S. The summed E-state index contributed by atoms with van der Waals surface area (Å²) in [6, 6.07) is 9.54. The topological polar surface area (TPSA) is 66.5 Å². The van der Waals surface area contributed by atoms with E-state index < -0.39 is 27.7 Å². The Morgan fingerprint density at radius 2 is 1.48 bits per heavy atom. The molecule has 0 bridgehead atoms. The highest BCUT2D eigenvalue weighted by molar-refractivity contribution is 7.89. The number of hydrogen-bond donors (Lipinski definition) is 1. The second kappa shape index (κ2) is 7.32. The zero-order chi connectivity index (χ0) is 19.7. The van der Waals surface area contributed by atoms with Crippen LogP contribution in [0.3, 0.4) is 0 Å². The molecule has 0 radical (unpaired) electrons. The van der Waals surface area contributed by atoms with Gasteiger partial charge in [0.05, 0.1) is 10.5 Å². The molecular weight excluding hydrogens is 381 g/mol. The highest BCUT2D eigenvalue weighted by atomic mass is 32.2. The number of amides is 1. The molecule has 3 rings (SSSR count). The molecule has 9 heteroatoms. The van der Waals surface area contributed by atoms with Gasteiger partial charge in [-0.15, -0.1) is 0 Å². The SMILES string of the molecule is O=C(Nc1ccc(C(F)(F)F)cc1)c1ccc(S(=O)(=O)N2CCCC2)cc1. The third-order valence-electron chi connectivity index (χ3n) is 4.29. The van der Waals surface area contributed by atoms with E-state index in [0.29, 0.717) is 13.1 Å². The molecule has 0 aliphatic carbocycles. The Labute approximate surface area is 154 Å². The second-order valence-electron chi connectivity index (χ2n) is 6.16. The lowest BCUT2D eigenvalue weighted by molar-refractivity contribution is -0.137. The number of nitrogens with one attached hydrogen (secondary N) is 1.